The van der Waals surface area contributed by atoms with Crippen LogP contribution >= 0.6 is 0 Å². The van der Waals surface area contributed by atoms with E-state index in [9.17, 15) is 5.11 Å². The van der Waals surface area contributed by atoms with Gasteiger partial charge >= 0.3 is 0 Å². The average Bonchev–Trinajstić information content (AvgIpc) is 2.32. The molecule has 0 bridgehead atoms. The van der Waals surface area contributed by atoms with Gasteiger partial charge in [0.15, 0.2) is 0 Å². The predicted molar refractivity (Wildman–Crippen MR) is 67.1 cm³/mol. The van der Waals surface area contributed by atoms with E-state index >= 15 is 0 Å². The molecule has 1 aliphatic carbocycles. The molecule has 0 amide bonds. The Hall–Kier alpha value is -0.760. The number of aliphatic hydroxyl groups excluding tert-OH is 1. The average molecular weight is 221 g/mol. The summed E-state index contributed by atoms with van der Waals surface area (Å²) in [5.74, 6) is 0.269. The van der Waals surface area contributed by atoms with Crippen molar-refractivity contribution < 1.29 is 5.11 Å². The van der Waals surface area contributed by atoms with Gasteiger partial charge in [-0.3, -0.25) is 0 Å². The number of likely N-dealkylation sites (N-methyl/N-ethyl adjacent to an activating group) is 1. The highest BCUT2D eigenvalue weighted by atomic mass is 16.3. The van der Waals surface area contributed by atoms with Gasteiger partial charge in [0.25, 0.3) is 0 Å². The van der Waals surface area contributed by atoms with Gasteiger partial charge in [-0.25, -0.2) is 0 Å². The van der Waals surface area contributed by atoms with Crippen molar-refractivity contribution in [1.29, 1.82) is 0 Å². The Bertz CT molecular complexity index is 354. The zero-order valence-electron chi connectivity index (χ0n) is 10.9. The molecule has 2 aliphatic rings. The lowest BCUT2D eigenvalue weighted by Crippen LogP contribution is -2.37. The van der Waals surface area contributed by atoms with Crippen LogP contribution in [0.15, 0.2) is 22.4 Å². The molecule has 0 aromatic rings. The van der Waals surface area contributed by atoms with Crippen molar-refractivity contribution >= 4 is 0 Å². The molecule has 0 spiro atoms. The Morgan fingerprint density at radius 1 is 1.31 bits per heavy atom. The summed E-state index contributed by atoms with van der Waals surface area (Å²) >= 11 is 0. The van der Waals surface area contributed by atoms with Crippen molar-refractivity contribution in [3.63, 3.8) is 0 Å². The topological polar surface area (TPSA) is 23.5 Å². The van der Waals surface area contributed by atoms with Crippen molar-refractivity contribution in [2.24, 2.45) is 5.92 Å². The number of hydrogen-bond donors (Lipinski definition) is 1. The number of nitrogens with zero attached hydrogens (tertiary/aromatic N) is 1. The molecule has 0 radical (unpaired) electrons. The number of piperidine rings is 1. The largest absolute Gasteiger partial charge is 0.388 e. The Morgan fingerprint density at radius 2 is 2.00 bits per heavy atom. The standard InChI is InChI=1S/C14H23NO/c1-5-15-8-6-7-12-11(4)14(16)10(3)9(2)13(12)15/h10,14,16H,5-8H2,1-4H3. The highest BCUT2D eigenvalue weighted by Crippen LogP contribution is 2.40. The SMILES string of the molecule is CCN1CCCC2=C(C)C(O)C(C)C(C)=C21. The fraction of sp³-hybridized carbons (Fsp3) is 0.714. The van der Waals surface area contributed by atoms with Crippen molar-refractivity contribution in [1.82, 2.24) is 4.90 Å². The van der Waals surface area contributed by atoms with Crippen LogP contribution in [-0.4, -0.2) is 29.2 Å². The summed E-state index contributed by atoms with van der Waals surface area (Å²) in [7, 11) is 0. The van der Waals surface area contributed by atoms with Gasteiger partial charge in [0.1, 0.15) is 0 Å². The number of fused-ring (bicyclic) bond motifs is 1. The molecule has 2 heteroatoms. The first-order chi connectivity index (χ1) is 7.57. The zero-order valence-corrected chi connectivity index (χ0v) is 10.9. The quantitative estimate of drug-likeness (QED) is 0.736. The predicted octanol–water partition coefficient (Wildman–Crippen LogP) is 2.70. The Kier molecular flexibility index (Phi) is 3.11. The van der Waals surface area contributed by atoms with Gasteiger partial charge in [-0.2, -0.15) is 0 Å². The molecule has 1 N–H and O–H groups in total. The number of allylic oxidation sites excluding steroid dienone is 1. The monoisotopic (exact) mass is 221 g/mol. The Balaban J connectivity index is 2.49. The Labute approximate surface area is 98.6 Å². The molecule has 2 unspecified atom stereocenters. The summed E-state index contributed by atoms with van der Waals surface area (Å²) in [6.45, 7) is 10.9. The molecule has 0 aromatic carbocycles. The van der Waals surface area contributed by atoms with Crippen LogP contribution in [0, 0.1) is 5.92 Å². The van der Waals surface area contributed by atoms with E-state index in [1.807, 2.05) is 0 Å². The van der Waals surface area contributed by atoms with Crippen LogP contribution in [0.4, 0.5) is 0 Å². The normalized spacial score (nSPS) is 30.9. The summed E-state index contributed by atoms with van der Waals surface area (Å²) in [5, 5.41) is 10.2. The van der Waals surface area contributed by atoms with Gasteiger partial charge in [0.2, 0.25) is 0 Å². The first kappa shape index (κ1) is 11.7. The van der Waals surface area contributed by atoms with Crippen molar-refractivity contribution in [2.45, 2.75) is 46.6 Å². The van der Waals surface area contributed by atoms with Crippen LogP contribution in [0.2, 0.25) is 0 Å². The van der Waals surface area contributed by atoms with Crippen LogP contribution in [0.1, 0.15) is 40.5 Å². The maximum Gasteiger partial charge on any atom is 0.0817 e. The van der Waals surface area contributed by atoms with E-state index in [2.05, 4.69) is 32.6 Å². The summed E-state index contributed by atoms with van der Waals surface area (Å²) in [4.78, 5) is 2.47. The van der Waals surface area contributed by atoms with Crippen LogP contribution in [-0.2, 0) is 0 Å². The first-order valence-electron chi connectivity index (χ1n) is 6.41. The van der Waals surface area contributed by atoms with Crippen LogP contribution < -0.4 is 0 Å². The van der Waals surface area contributed by atoms with E-state index in [-0.39, 0.29) is 12.0 Å². The minimum atomic E-state index is -0.268. The maximum atomic E-state index is 10.2. The molecule has 90 valence electrons. The maximum absolute atomic E-state index is 10.2. The van der Waals surface area contributed by atoms with Crippen molar-refractivity contribution in [3.05, 3.63) is 22.4 Å². The van der Waals surface area contributed by atoms with Crippen LogP contribution in [0.3, 0.4) is 0 Å². The third-order valence-electron chi connectivity index (χ3n) is 4.29. The lowest BCUT2D eigenvalue weighted by molar-refractivity contribution is 0.156. The van der Waals surface area contributed by atoms with E-state index in [4.69, 9.17) is 0 Å². The van der Waals surface area contributed by atoms with E-state index in [0.717, 1.165) is 13.0 Å². The van der Waals surface area contributed by atoms with Gasteiger partial charge < -0.3 is 10.0 Å². The van der Waals surface area contributed by atoms with Crippen LogP contribution in [0.25, 0.3) is 0 Å². The fourth-order valence-corrected chi connectivity index (χ4v) is 3.06. The van der Waals surface area contributed by atoms with Crippen LogP contribution in [0.5, 0.6) is 0 Å². The van der Waals surface area contributed by atoms with Gasteiger partial charge in [-0.15, -0.1) is 0 Å². The molecule has 1 heterocycles. The van der Waals surface area contributed by atoms with E-state index in [1.54, 1.807) is 0 Å². The molecule has 2 nitrogen and oxygen atoms in total. The fourth-order valence-electron chi connectivity index (χ4n) is 3.06. The molecule has 16 heavy (non-hydrogen) atoms. The molecule has 2 rings (SSSR count). The minimum absolute atomic E-state index is 0.268. The molecular weight excluding hydrogens is 198 g/mol. The van der Waals surface area contributed by atoms with Gasteiger partial charge in [0, 0.05) is 24.7 Å². The molecule has 1 saturated heterocycles. The number of aliphatic hydroxyl groups is 1. The summed E-state index contributed by atoms with van der Waals surface area (Å²) in [6, 6.07) is 0. The number of rotatable bonds is 1. The highest BCUT2D eigenvalue weighted by molar-refractivity contribution is 5.45. The van der Waals surface area contributed by atoms with E-state index < -0.39 is 0 Å². The third kappa shape index (κ3) is 1.60. The minimum Gasteiger partial charge on any atom is -0.388 e. The Morgan fingerprint density at radius 3 is 2.62 bits per heavy atom. The lowest BCUT2D eigenvalue weighted by atomic mass is 9.78. The zero-order chi connectivity index (χ0) is 11.9. The smallest absolute Gasteiger partial charge is 0.0817 e. The van der Waals surface area contributed by atoms with Gasteiger partial charge in [-0.05, 0) is 50.3 Å². The molecule has 0 aromatic heterocycles. The molecule has 1 fully saturated rings. The molecular formula is C14H23NO. The summed E-state index contributed by atoms with van der Waals surface area (Å²) in [6.07, 6.45) is 2.09. The summed E-state index contributed by atoms with van der Waals surface area (Å²) < 4.78 is 0. The lowest BCUT2D eigenvalue weighted by Gasteiger charge is -2.41. The van der Waals surface area contributed by atoms with Gasteiger partial charge in [-0.1, -0.05) is 6.92 Å². The second kappa shape index (κ2) is 4.25. The first-order valence-corrected chi connectivity index (χ1v) is 6.41. The second-order valence-electron chi connectivity index (χ2n) is 5.11. The summed E-state index contributed by atoms with van der Waals surface area (Å²) in [5.41, 5.74) is 5.42. The second-order valence-corrected chi connectivity index (χ2v) is 5.11. The van der Waals surface area contributed by atoms with E-state index in [1.165, 1.54) is 35.4 Å². The highest BCUT2D eigenvalue weighted by Gasteiger charge is 2.33. The molecule has 2 atom stereocenters. The van der Waals surface area contributed by atoms with Crippen molar-refractivity contribution in [2.75, 3.05) is 13.1 Å². The molecule has 0 saturated carbocycles. The number of likely N-dealkylation sites (tertiary alicyclic amines) is 1. The van der Waals surface area contributed by atoms with Gasteiger partial charge in [0.05, 0.1) is 6.10 Å². The molecule has 1 aliphatic heterocycles. The van der Waals surface area contributed by atoms with E-state index in [0.29, 0.717) is 0 Å². The third-order valence-corrected chi connectivity index (χ3v) is 4.29. The van der Waals surface area contributed by atoms with Crippen molar-refractivity contribution in [3.8, 4) is 0 Å². The number of hydrogen-bond acceptors (Lipinski definition) is 2.